The van der Waals surface area contributed by atoms with Gasteiger partial charge in [-0.15, -0.1) is 5.10 Å². The average molecular weight is 306 g/mol. The van der Waals surface area contributed by atoms with Crippen LogP contribution in [0.4, 0.5) is 26.3 Å². The number of carboxylic acid groups (broad SMARTS) is 1. The van der Waals surface area contributed by atoms with Crippen molar-refractivity contribution in [2.45, 2.75) is 37.7 Å². The van der Waals surface area contributed by atoms with Crippen LogP contribution in [-0.4, -0.2) is 43.6 Å². The number of halogens is 6. The molecule has 1 rings (SSSR count). The summed E-state index contributed by atoms with van der Waals surface area (Å²) < 4.78 is 75.2. The molecule has 12 heteroatoms. The van der Waals surface area contributed by atoms with Crippen molar-refractivity contribution in [3.63, 3.8) is 0 Å². The van der Waals surface area contributed by atoms with Crippen LogP contribution >= 0.6 is 0 Å². The van der Waals surface area contributed by atoms with Crippen molar-refractivity contribution >= 4 is 5.97 Å². The number of hydrogen-bond donors (Lipinski definition) is 1. The smallest absolute Gasteiger partial charge is 0.407 e. The van der Waals surface area contributed by atoms with E-state index in [1.54, 1.807) is 0 Å². The summed E-state index contributed by atoms with van der Waals surface area (Å²) in [6, 6.07) is 0. The number of carbonyl (C=O) groups is 1. The maximum atomic E-state index is 12.5. The molecule has 0 fully saturated rings. The summed E-state index contributed by atoms with van der Waals surface area (Å²) in [5, 5.41) is 16.9. The third kappa shape index (κ3) is 4.06. The molecule has 0 aliphatic rings. The highest BCUT2D eigenvalue weighted by Gasteiger charge is 2.60. The molecule has 0 unspecified atom stereocenters. The Hall–Kier alpha value is -1.88. The fraction of sp³-hybridized carbons (Fsp3) is 0.750. The van der Waals surface area contributed by atoms with Crippen molar-refractivity contribution in [2.24, 2.45) is 0 Å². The number of aryl methyl sites for hydroxylation is 1. The molecule has 0 spiro atoms. The molecular weight excluding hydrogens is 298 g/mol. The van der Waals surface area contributed by atoms with Gasteiger partial charge in [0.2, 0.25) is 5.92 Å². The van der Waals surface area contributed by atoms with E-state index in [0.717, 1.165) is 0 Å². The van der Waals surface area contributed by atoms with E-state index in [9.17, 15) is 31.1 Å². The second kappa shape index (κ2) is 5.63. The summed E-state index contributed by atoms with van der Waals surface area (Å²) in [5.74, 6) is -6.45. The zero-order valence-corrected chi connectivity index (χ0v) is 9.61. The molecule has 0 saturated heterocycles. The van der Waals surface area contributed by atoms with Gasteiger partial charge in [0.25, 0.3) is 0 Å². The van der Waals surface area contributed by atoms with Crippen LogP contribution in [-0.2, 0) is 11.3 Å². The molecule has 0 atom stereocenters. The van der Waals surface area contributed by atoms with Crippen molar-refractivity contribution in [2.75, 3.05) is 0 Å². The molecule has 0 saturated carbocycles. The highest BCUT2D eigenvalue weighted by atomic mass is 19.4. The van der Waals surface area contributed by atoms with Crippen molar-refractivity contribution < 1.29 is 36.2 Å². The van der Waals surface area contributed by atoms with Crippen LogP contribution in [0.5, 0.6) is 0 Å². The van der Waals surface area contributed by atoms with Gasteiger partial charge in [-0.3, -0.25) is 4.79 Å². The van der Waals surface area contributed by atoms with Gasteiger partial charge < -0.3 is 5.11 Å². The monoisotopic (exact) mass is 306 g/mol. The van der Waals surface area contributed by atoms with E-state index in [-0.39, 0.29) is 6.42 Å². The summed E-state index contributed by atoms with van der Waals surface area (Å²) in [5.41, 5.74) is 0. The summed E-state index contributed by atoms with van der Waals surface area (Å²) >= 11 is 0. The van der Waals surface area contributed by atoms with E-state index in [0.29, 0.717) is 4.68 Å². The summed E-state index contributed by atoms with van der Waals surface area (Å²) in [7, 11) is 0. The van der Waals surface area contributed by atoms with Crippen molar-refractivity contribution in [3.8, 4) is 0 Å². The Morgan fingerprint density at radius 2 is 1.75 bits per heavy atom. The highest BCUT2D eigenvalue weighted by Crippen LogP contribution is 2.45. The molecule has 0 amide bonds. The van der Waals surface area contributed by atoms with E-state index in [4.69, 9.17) is 5.11 Å². The lowest BCUT2D eigenvalue weighted by Gasteiger charge is -2.21. The molecule has 114 valence electrons. The SMILES string of the molecule is O=C(O)CCCn1nnnc1C(C(F)(F)F)C(F)(F)F. The van der Waals surface area contributed by atoms with E-state index in [2.05, 4.69) is 15.5 Å². The molecule has 0 radical (unpaired) electrons. The van der Waals surface area contributed by atoms with E-state index >= 15 is 0 Å². The standard InChI is InChI=1S/C8H8F6N4O2/c9-7(10,11)5(8(12,13)14)6-15-16-17-18(6)3-1-2-4(19)20/h5H,1-3H2,(H,19,20). The zero-order valence-electron chi connectivity index (χ0n) is 9.61. The van der Waals surface area contributed by atoms with E-state index in [1.807, 2.05) is 0 Å². The predicted molar refractivity (Wildman–Crippen MR) is 49.5 cm³/mol. The van der Waals surface area contributed by atoms with Gasteiger partial charge in [-0.1, -0.05) is 0 Å². The maximum Gasteiger partial charge on any atom is 0.407 e. The molecule has 6 nitrogen and oxygen atoms in total. The number of aromatic nitrogens is 4. The first kappa shape index (κ1) is 16.2. The number of rotatable bonds is 5. The van der Waals surface area contributed by atoms with E-state index in [1.165, 1.54) is 0 Å². The third-order valence-electron chi connectivity index (χ3n) is 2.23. The Kier molecular flexibility index (Phi) is 4.55. The van der Waals surface area contributed by atoms with Crippen LogP contribution < -0.4 is 0 Å². The van der Waals surface area contributed by atoms with Gasteiger partial charge in [0.1, 0.15) is 0 Å². The Labute approximate surface area is 107 Å². The molecule has 0 aromatic carbocycles. The first-order chi connectivity index (χ1) is 9.03. The van der Waals surface area contributed by atoms with Gasteiger partial charge in [0.15, 0.2) is 5.82 Å². The molecular formula is C8H8F6N4O2. The Bertz CT molecular complexity index is 454. The van der Waals surface area contributed by atoms with Crippen LogP contribution in [0.3, 0.4) is 0 Å². The van der Waals surface area contributed by atoms with Crippen LogP contribution in [0, 0.1) is 0 Å². The average Bonchev–Trinajstić information content (AvgIpc) is 2.61. The van der Waals surface area contributed by atoms with Crippen LogP contribution in [0.1, 0.15) is 24.6 Å². The first-order valence-corrected chi connectivity index (χ1v) is 5.14. The quantitative estimate of drug-likeness (QED) is 0.838. The van der Waals surface area contributed by atoms with Gasteiger partial charge in [-0.25, -0.2) is 4.68 Å². The molecule has 1 heterocycles. The number of hydrogen-bond acceptors (Lipinski definition) is 4. The lowest BCUT2D eigenvalue weighted by atomic mass is 10.1. The minimum absolute atomic E-state index is 0.199. The Morgan fingerprint density at radius 3 is 2.20 bits per heavy atom. The molecule has 0 aliphatic carbocycles. The van der Waals surface area contributed by atoms with E-state index < -0.39 is 43.0 Å². The van der Waals surface area contributed by atoms with Gasteiger partial charge >= 0.3 is 18.3 Å². The topological polar surface area (TPSA) is 80.9 Å². The lowest BCUT2D eigenvalue weighted by molar-refractivity contribution is -0.256. The highest BCUT2D eigenvalue weighted by molar-refractivity contribution is 5.66. The van der Waals surface area contributed by atoms with Gasteiger partial charge in [0, 0.05) is 13.0 Å². The number of carboxylic acids is 1. The fourth-order valence-electron chi connectivity index (χ4n) is 1.44. The van der Waals surface area contributed by atoms with Crippen LogP contribution in [0.15, 0.2) is 0 Å². The van der Waals surface area contributed by atoms with Gasteiger partial charge in [0.05, 0.1) is 0 Å². The maximum absolute atomic E-state index is 12.5. The zero-order chi connectivity index (χ0) is 15.6. The minimum Gasteiger partial charge on any atom is -0.481 e. The number of aliphatic carboxylic acids is 1. The lowest BCUT2D eigenvalue weighted by Crippen LogP contribution is -2.36. The number of tetrazole rings is 1. The predicted octanol–water partition coefficient (Wildman–Crippen LogP) is 1.75. The minimum atomic E-state index is -5.60. The van der Waals surface area contributed by atoms with Gasteiger partial charge in [-0.05, 0) is 16.8 Å². The number of nitrogens with zero attached hydrogens (tertiary/aromatic N) is 4. The van der Waals surface area contributed by atoms with Crippen molar-refractivity contribution in [1.82, 2.24) is 20.2 Å². The molecule has 1 N–H and O–H groups in total. The summed E-state index contributed by atoms with van der Waals surface area (Å²) in [6.45, 7) is -0.461. The molecule has 0 bridgehead atoms. The molecule has 20 heavy (non-hydrogen) atoms. The van der Waals surface area contributed by atoms with Crippen LogP contribution in [0.2, 0.25) is 0 Å². The molecule has 0 aliphatic heterocycles. The van der Waals surface area contributed by atoms with Gasteiger partial charge in [-0.2, -0.15) is 26.3 Å². The first-order valence-electron chi connectivity index (χ1n) is 5.14. The van der Waals surface area contributed by atoms with Crippen molar-refractivity contribution in [3.05, 3.63) is 5.82 Å². The second-order valence-electron chi connectivity index (χ2n) is 3.77. The largest absolute Gasteiger partial charge is 0.481 e. The summed E-state index contributed by atoms with van der Waals surface area (Å²) in [6.07, 6.45) is -11.8. The Balaban J connectivity index is 2.99. The normalized spacial score (nSPS) is 12.9. The van der Waals surface area contributed by atoms with Crippen LogP contribution in [0.25, 0.3) is 0 Å². The fourth-order valence-corrected chi connectivity index (χ4v) is 1.44. The Morgan fingerprint density at radius 1 is 1.20 bits per heavy atom. The van der Waals surface area contributed by atoms with Crippen molar-refractivity contribution in [1.29, 1.82) is 0 Å². The summed E-state index contributed by atoms with van der Waals surface area (Å²) in [4.78, 5) is 10.2. The number of alkyl halides is 6. The second-order valence-corrected chi connectivity index (χ2v) is 3.77. The third-order valence-corrected chi connectivity index (χ3v) is 2.23. The molecule has 1 aromatic rings. The molecule has 1 aromatic heterocycles.